The standard InChI is InChI=1S/C25H15Cl2N3O3/c26-20-8-4-7-19(25(20)27)23-13-10-18(33-23)11-14-24-28-21-15-17(30(31)32)9-12-22(21)29(24)16-5-2-1-3-6-16/h1-15H. The number of nitrogens with zero attached hydrogens (tertiary/aromatic N) is 3. The van der Waals surface area contributed by atoms with Gasteiger partial charge >= 0.3 is 0 Å². The van der Waals surface area contributed by atoms with Gasteiger partial charge in [-0.2, -0.15) is 0 Å². The van der Waals surface area contributed by atoms with Crippen LogP contribution in [0.2, 0.25) is 10.0 Å². The van der Waals surface area contributed by atoms with Crippen LogP contribution in [-0.4, -0.2) is 14.5 Å². The Bertz CT molecular complexity index is 1520. The van der Waals surface area contributed by atoms with Crippen LogP contribution < -0.4 is 0 Å². The molecule has 0 amide bonds. The molecule has 0 unspecified atom stereocenters. The molecule has 6 nitrogen and oxygen atoms in total. The first-order valence-corrected chi connectivity index (χ1v) is 10.7. The maximum Gasteiger partial charge on any atom is 0.271 e. The molecule has 2 aromatic heterocycles. The lowest BCUT2D eigenvalue weighted by Crippen LogP contribution is -1.96. The third kappa shape index (κ3) is 4.02. The number of hydrogen-bond donors (Lipinski definition) is 0. The molecule has 8 heteroatoms. The van der Waals surface area contributed by atoms with E-state index in [1.54, 1.807) is 24.3 Å². The van der Waals surface area contributed by atoms with E-state index in [0.29, 0.717) is 38.5 Å². The van der Waals surface area contributed by atoms with E-state index in [1.165, 1.54) is 12.1 Å². The molecular formula is C25H15Cl2N3O3. The highest BCUT2D eigenvalue weighted by Gasteiger charge is 2.15. The minimum Gasteiger partial charge on any atom is -0.457 e. The number of aromatic nitrogens is 2. The van der Waals surface area contributed by atoms with E-state index in [-0.39, 0.29) is 5.69 Å². The van der Waals surface area contributed by atoms with Crippen molar-refractivity contribution in [3.8, 4) is 17.0 Å². The maximum absolute atomic E-state index is 11.2. The van der Waals surface area contributed by atoms with Crippen LogP contribution in [0, 0.1) is 10.1 Å². The summed E-state index contributed by atoms with van der Waals surface area (Å²) < 4.78 is 7.88. The Morgan fingerprint density at radius 3 is 2.55 bits per heavy atom. The predicted molar refractivity (Wildman–Crippen MR) is 131 cm³/mol. The van der Waals surface area contributed by atoms with Crippen LogP contribution in [0.25, 0.3) is 40.2 Å². The maximum atomic E-state index is 11.2. The highest BCUT2D eigenvalue weighted by molar-refractivity contribution is 6.43. The van der Waals surface area contributed by atoms with Gasteiger partial charge in [-0.05, 0) is 54.6 Å². The van der Waals surface area contributed by atoms with Crippen LogP contribution in [-0.2, 0) is 0 Å². The average Bonchev–Trinajstić information content (AvgIpc) is 3.44. The lowest BCUT2D eigenvalue weighted by molar-refractivity contribution is -0.384. The quantitative estimate of drug-likeness (QED) is 0.193. The van der Waals surface area contributed by atoms with Gasteiger partial charge < -0.3 is 4.42 Å². The van der Waals surface area contributed by atoms with E-state index in [2.05, 4.69) is 4.98 Å². The van der Waals surface area contributed by atoms with Gasteiger partial charge in [0, 0.05) is 23.4 Å². The summed E-state index contributed by atoms with van der Waals surface area (Å²) in [6, 6.07) is 23.3. The summed E-state index contributed by atoms with van der Waals surface area (Å²) >= 11 is 12.4. The smallest absolute Gasteiger partial charge is 0.271 e. The Morgan fingerprint density at radius 1 is 0.939 bits per heavy atom. The molecule has 2 heterocycles. The monoisotopic (exact) mass is 475 g/mol. The van der Waals surface area contributed by atoms with Crippen molar-refractivity contribution in [3.05, 3.63) is 111 Å². The number of hydrogen-bond acceptors (Lipinski definition) is 4. The molecule has 0 bridgehead atoms. The second-order valence-corrected chi connectivity index (χ2v) is 7.99. The molecule has 0 atom stereocenters. The lowest BCUT2D eigenvalue weighted by atomic mass is 10.2. The van der Waals surface area contributed by atoms with Crippen LogP contribution in [0.15, 0.2) is 83.3 Å². The summed E-state index contributed by atoms with van der Waals surface area (Å²) in [5, 5.41) is 12.1. The van der Waals surface area contributed by atoms with Crippen molar-refractivity contribution in [3.63, 3.8) is 0 Å². The zero-order valence-electron chi connectivity index (χ0n) is 17.0. The fourth-order valence-corrected chi connectivity index (χ4v) is 3.99. The Hall–Kier alpha value is -3.87. The summed E-state index contributed by atoms with van der Waals surface area (Å²) in [5.41, 5.74) is 2.87. The Morgan fingerprint density at radius 2 is 1.76 bits per heavy atom. The van der Waals surface area contributed by atoms with Crippen molar-refractivity contribution >= 4 is 52.1 Å². The summed E-state index contributed by atoms with van der Waals surface area (Å²) in [5.74, 6) is 1.79. The molecule has 0 saturated carbocycles. The van der Waals surface area contributed by atoms with Crippen LogP contribution in [0.4, 0.5) is 5.69 Å². The molecule has 33 heavy (non-hydrogen) atoms. The summed E-state index contributed by atoms with van der Waals surface area (Å²) in [7, 11) is 0. The predicted octanol–water partition coefficient (Wildman–Crippen LogP) is 7.67. The van der Waals surface area contributed by atoms with E-state index in [0.717, 1.165) is 11.2 Å². The van der Waals surface area contributed by atoms with Gasteiger partial charge in [0.2, 0.25) is 0 Å². The molecule has 0 fully saturated rings. The van der Waals surface area contributed by atoms with Crippen molar-refractivity contribution < 1.29 is 9.34 Å². The third-order valence-corrected chi connectivity index (χ3v) is 5.95. The van der Waals surface area contributed by atoms with E-state index < -0.39 is 4.92 Å². The molecule has 0 aliphatic rings. The van der Waals surface area contributed by atoms with E-state index in [1.807, 2.05) is 59.2 Å². The minimum absolute atomic E-state index is 0.00943. The topological polar surface area (TPSA) is 74.1 Å². The summed E-state index contributed by atoms with van der Waals surface area (Å²) in [6.07, 6.45) is 3.60. The highest BCUT2D eigenvalue weighted by Crippen LogP contribution is 2.34. The van der Waals surface area contributed by atoms with Crippen LogP contribution in [0.3, 0.4) is 0 Å². The van der Waals surface area contributed by atoms with Crippen LogP contribution >= 0.6 is 23.2 Å². The Balaban J connectivity index is 1.57. The molecule has 0 saturated heterocycles. The minimum atomic E-state index is -0.429. The number of non-ortho nitro benzene ring substituents is 1. The van der Waals surface area contributed by atoms with Gasteiger partial charge in [0.05, 0.1) is 26.0 Å². The van der Waals surface area contributed by atoms with Gasteiger partial charge in [0.1, 0.15) is 17.3 Å². The molecule has 0 aliphatic heterocycles. The summed E-state index contributed by atoms with van der Waals surface area (Å²) in [6.45, 7) is 0. The molecular weight excluding hydrogens is 461 g/mol. The van der Waals surface area contributed by atoms with Crippen molar-refractivity contribution in [1.82, 2.24) is 9.55 Å². The number of furan rings is 1. The fourth-order valence-electron chi connectivity index (χ4n) is 3.60. The number of imidazole rings is 1. The largest absolute Gasteiger partial charge is 0.457 e. The Kier molecular flexibility index (Phi) is 5.46. The van der Waals surface area contributed by atoms with Gasteiger partial charge in [-0.1, -0.05) is 47.5 Å². The van der Waals surface area contributed by atoms with Crippen molar-refractivity contribution in [1.29, 1.82) is 0 Å². The lowest BCUT2D eigenvalue weighted by Gasteiger charge is -2.06. The SMILES string of the molecule is O=[N+]([O-])c1ccc2c(c1)nc(C=Cc1ccc(-c3cccc(Cl)c3Cl)o1)n2-c1ccccc1. The van der Waals surface area contributed by atoms with Crippen LogP contribution in [0.1, 0.15) is 11.6 Å². The Labute approximate surface area is 198 Å². The molecule has 0 N–H and O–H groups in total. The molecule has 5 rings (SSSR count). The van der Waals surface area contributed by atoms with Gasteiger partial charge in [-0.3, -0.25) is 14.7 Å². The van der Waals surface area contributed by atoms with E-state index in [9.17, 15) is 10.1 Å². The van der Waals surface area contributed by atoms with Crippen molar-refractivity contribution in [2.45, 2.75) is 0 Å². The summed E-state index contributed by atoms with van der Waals surface area (Å²) in [4.78, 5) is 15.4. The highest BCUT2D eigenvalue weighted by atomic mass is 35.5. The number of para-hydroxylation sites is 1. The van der Waals surface area contributed by atoms with Gasteiger partial charge in [-0.15, -0.1) is 0 Å². The third-order valence-electron chi connectivity index (χ3n) is 5.13. The fraction of sp³-hybridized carbons (Fsp3) is 0. The van der Waals surface area contributed by atoms with Gasteiger partial charge in [0.25, 0.3) is 5.69 Å². The number of rotatable bonds is 5. The number of fused-ring (bicyclic) bond motifs is 1. The molecule has 0 radical (unpaired) electrons. The first-order valence-electron chi connectivity index (χ1n) is 9.96. The van der Waals surface area contributed by atoms with Crippen molar-refractivity contribution in [2.24, 2.45) is 0 Å². The number of benzene rings is 3. The number of nitro benzene ring substituents is 1. The zero-order valence-corrected chi connectivity index (χ0v) is 18.5. The molecule has 0 spiro atoms. The second kappa shape index (κ2) is 8.58. The first-order chi connectivity index (χ1) is 16.0. The van der Waals surface area contributed by atoms with E-state index in [4.69, 9.17) is 27.6 Å². The second-order valence-electron chi connectivity index (χ2n) is 7.21. The molecule has 3 aromatic carbocycles. The van der Waals surface area contributed by atoms with Gasteiger partial charge in [0.15, 0.2) is 0 Å². The van der Waals surface area contributed by atoms with Crippen molar-refractivity contribution in [2.75, 3.05) is 0 Å². The van der Waals surface area contributed by atoms with E-state index >= 15 is 0 Å². The first kappa shape index (κ1) is 21.0. The van der Waals surface area contributed by atoms with Gasteiger partial charge in [-0.25, -0.2) is 4.98 Å². The number of nitro groups is 1. The zero-order chi connectivity index (χ0) is 22.9. The normalized spacial score (nSPS) is 11.5. The molecule has 5 aromatic rings. The molecule has 162 valence electrons. The molecule has 0 aliphatic carbocycles. The average molecular weight is 476 g/mol. The van der Waals surface area contributed by atoms with Crippen LogP contribution in [0.5, 0.6) is 0 Å². The number of halogens is 2.